The van der Waals surface area contributed by atoms with Crippen LogP contribution in [-0.4, -0.2) is 68.6 Å². The fraction of sp³-hybridized carbons (Fsp3) is 0.333. The summed E-state index contributed by atoms with van der Waals surface area (Å²) < 4.78 is 0. The van der Waals surface area contributed by atoms with Crippen LogP contribution in [0.4, 0.5) is 11.4 Å². The molecule has 2 aliphatic heterocycles. The van der Waals surface area contributed by atoms with Gasteiger partial charge in [0.1, 0.15) is 23.5 Å². The molecule has 48 heavy (non-hydrogen) atoms. The zero-order chi connectivity index (χ0) is 33.6. The monoisotopic (exact) mass is 680 g/mol. The van der Waals surface area contributed by atoms with Crippen LogP contribution in [0.3, 0.4) is 0 Å². The number of rotatable bonds is 8. The summed E-state index contributed by atoms with van der Waals surface area (Å²) in [5.41, 5.74) is 7.07. The Labute approximate surface area is 287 Å². The molecule has 4 aromatic rings. The van der Waals surface area contributed by atoms with Crippen LogP contribution in [0.5, 0.6) is 0 Å². The quantitative estimate of drug-likeness (QED) is 0.233. The highest BCUT2D eigenvalue weighted by molar-refractivity contribution is 7.10. The van der Waals surface area contributed by atoms with E-state index in [1.165, 1.54) is 22.7 Å². The second kappa shape index (κ2) is 14.9. The molecule has 2 aromatic carbocycles. The minimum Gasteiger partial charge on any atom is -0.325 e. The zero-order valence-electron chi connectivity index (χ0n) is 26.8. The third-order valence-corrected chi connectivity index (χ3v) is 10.6. The first-order valence-electron chi connectivity index (χ1n) is 16.2. The second-order valence-electron chi connectivity index (χ2n) is 11.7. The highest BCUT2D eigenvalue weighted by Crippen LogP contribution is 2.26. The molecule has 0 saturated carbocycles. The molecule has 4 amide bonds. The normalized spacial score (nSPS) is 17.1. The topological polar surface area (TPSA) is 125 Å². The standard InChI is InChI=1S/C36H36N6O4S2/c1-3-29-31(37-21-47-29)35(45)41-19-5-7-27(41)33(43)39-25-15-11-23(12-16-25)9-10-24-13-17-26(18-14-24)40-34(44)28-8-6-20-42(28)36(46)32-30(4-2)48-22-38-32/h11-18,21-22,27-28H,3-8,19-20H2,1-2H3,(H,39,43)(H,40,44). The van der Waals surface area contributed by atoms with Gasteiger partial charge in [0.25, 0.3) is 11.8 Å². The number of carbonyl (C=O) groups excluding carboxylic acids is 4. The summed E-state index contributed by atoms with van der Waals surface area (Å²) in [6, 6.07) is 13.5. The lowest BCUT2D eigenvalue weighted by Gasteiger charge is -2.23. The molecule has 2 aromatic heterocycles. The van der Waals surface area contributed by atoms with Crippen molar-refractivity contribution in [3.8, 4) is 11.8 Å². The third kappa shape index (κ3) is 7.17. The van der Waals surface area contributed by atoms with E-state index in [0.29, 0.717) is 48.7 Å². The number of likely N-dealkylation sites (tertiary alicyclic amines) is 2. The number of aryl methyl sites for hydroxylation is 2. The van der Waals surface area contributed by atoms with Crippen molar-refractivity contribution in [1.82, 2.24) is 19.8 Å². The molecule has 0 radical (unpaired) electrons. The Hall–Kier alpha value is -4.86. The van der Waals surface area contributed by atoms with Crippen LogP contribution in [0.15, 0.2) is 59.6 Å². The first-order valence-corrected chi connectivity index (χ1v) is 17.9. The summed E-state index contributed by atoms with van der Waals surface area (Å²) in [5.74, 6) is 5.48. The van der Waals surface area contributed by atoms with Crippen LogP contribution in [0.25, 0.3) is 0 Å². The maximum absolute atomic E-state index is 13.1. The SMILES string of the molecule is CCc1scnc1C(=O)N1CCCC1C(=O)Nc1ccc(C#Cc2ccc(NC(=O)C3CCCN3C(=O)c3ncsc3CC)cc2)cc1. The number of hydrogen-bond donors (Lipinski definition) is 2. The van der Waals surface area contributed by atoms with Crippen LogP contribution in [-0.2, 0) is 22.4 Å². The number of thiazole rings is 2. The van der Waals surface area contributed by atoms with Gasteiger partial charge in [-0.05, 0) is 87.1 Å². The number of hydrogen-bond acceptors (Lipinski definition) is 8. The molecule has 0 spiro atoms. The maximum Gasteiger partial charge on any atom is 0.274 e. The van der Waals surface area contributed by atoms with Gasteiger partial charge >= 0.3 is 0 Å². The van der Waals surface area contributed by atoms with Crippen molar-refractivity contribution in [2.45, 2.75) is 64.5 Å². The molecule has 2 atom stereocenters. The Kier molecular flexibility index (Phi) is 10.3. The summed E-state index contributed by atoms with van der Waals surface area (Å²) in [6.07, 6.45) is 4.22. The van der Waals surface area contributed by atoms with Gasteiger partial charge in [0.15, 0.2) is 0 Å². The molecular formula is C36H36N6O4S2. The Morgan fingerprint density at radius 2 is 1.08 bits per heavy atom. The first kappa shape index (κ1) is 33.1. The third-order valence-electron chi connectivity index (χ3n) is 8.62. The number of amides is 4. The lowest BCUT2D eigenvalue weighted by molar-refractivity contribution is -0.120. The summed E-state index contributed by atoms with van der Waals surface area (Å²) in [7, 11) is 0. The van der Waals surface area contributed by atoms with Gasteiger partial charge < -0.3 is 20.4 Å². The van der Waals surface area contributed by atoms with Crippen molar-refractivity contribution in [1.29, 1.82) is 0 Å². The number of benzene rings is 2. The van der Waals surface area contributed by atoms with Gasteiger partial charge in [-0.3, -0.25) is 19.2 Å². The van der Waals surface area contributed by atoms with E-state index in [9.17, 15) is 19.2 Å². The largest absolute Gasteiger partial charge is 0.325 e. The number of nitrogens with zero attached hydrogens (tertiary/aromatic N) is 4. The van der Waals surface area contributed by atoms with E-state index in [2.05, 4.69) is 32.4 Å². The lowest BCUT2D eigenvalue weighted by atomic mass is 10.1. The summed E-state index contributed by atoms with van der Waals surface area (Å²) in [4.78, 5) is 66.2. The Morgan fingerprint density at radius 1 is 0.688 bits per heavy atom. The molecule has 2 N–H and O–H groups in total. The molecule has 4 heterocycles. The number of aromatic nitrogens is 2. The van der Waals surface area contributed by atoms with Gasteiger partial charge in [-0.1, -0.05) is 25.7 Å². The Balaban J connectivity index is 1.02. The minimum absolute atomic E-state index is 0.184. The molecule has 10 nitrogen and oxygen atoms in total. The average Bonchev–Trinajstić information content (AvgIpc) is 3.94. The Morgan fingerprint density at radius 3 is 1.46 bits per heavy atom. The van der Waals surface area contributed by atoms with Crippen LogP contribution in [0.1, 0.15) is 81.4 Å². The van der Waals surface area contributed by atoms with Gasteiger partial charge in [-0.15, -0.1) is 22.7 Å². The van der Waals surface area contributed by atoms with E-state index in [4.69, 9.17) is 0 Å². The lowest BCUT2D eigenvalue weighted by Crippen LogP contribution is -2.43. The van der Waals surface area contributed by atoms with Crippen molar-refractivity contribution < 1.29 is 19.2 Å². The van der Waals surface area contributed by atoms with E-state index in [-0.39, 0.29) is 23.6 Å². The zero-order valence-corrected chi connectivity index (χ0v) is 28.5. The highest BCUT2D eigenvalue weighted by atomic mass is 32.1. The second-order valence-corrected chi connectivity index (χ2v) is 13.5. The van der Waals surface area contributed by atoms with Gasteiger partial charge in [-0.2, -0.15) is 0 Å². The van der Waals surface area contributed by atoms with E-state index < -0.39 is 12.1 Å². The maximum atomic E-state index is 13.1. The molecule has 12 heteroatoms. The van der Waals surface area contributed by atoms with E-state index in [1.54, 1.807) is 45.1 Å². The van der Waals surface area contributed by atoms with Gasteiger partial charge in [-0.25, -0.2) is 9.97 Å². The summed E-state index contributed by atoms with van der Waals surface area (Å²) in [6.45, 7) is 5.06. The molecule has 2 unspecified atom stereocenters. The van der Waals surface area contributed by atoms with Crippen molar-refractivity contribution in [2.24, 2.45) is 0 Å². The number of anilines is 2. The fourth-order valence-electron chi connectivity index (χ4n) is 6.10. The number of carbonyl (C=O) groups is 4. The molecule has 0 bridgehead atoms. The average molecular weight is 681 g/mol. The van der Waals surface area contributed by atoms with Crippen LogP contribution in [0.2, 0.25) is 0 Å². The highest BCUT2D eigenvalue weighted by Gasteiger charge is 2.37. The van der Waals surface area contributed by atoms with E-state index in [1.807, 2.05) is 38.1 Å². The van der Waals surface area contributed by atoms with Crippen molar-refractivity contribution in [3.05, 3.63) is 91.8 Å². The van der Waals surface area contributed by atoms with E-state index >= 15 is 0 Å². The molecule has 0 aliphatic carbocycles. The van der Waals surface area contributed by atoms with Crippen molar-refractivity contribution in [3.63, 3.8) is 0 Å². The molecular weight excluding hydrogens is 645 g/mol. The summed E-state index contributed by atoms with van der Waals surface area (Å²) in [5, 5.41) is 5.90. The van der Waals surface area contributed by atoms with Gasteiger partial charge in [0, 0.05) is 45.3 Å². The van der Waals surface area contributed by atoms with Crippen molar-refractivity contribution in [2.75, 3.05) is 23.7 Å². The van der Waals surface area contributed by atoms with E-state index in [0.717, 1.165) is 46.6 Å². The molecule has 246 valence electrons. The molecule has 6 rings (SSSR count). The smallest absolute Gasteiger partial charge is 0.274 e. The van der Waals surface area contributed by atoms with Crippen LogP contribution >= 0.6 is 22.7 Å². The van der Waals surface area contributed by atoms with Crippen LogP contribution in [0, 0.1) is 11.8 Å². The predicted molar refractivity (Wildman–Crippen MR) is 187 cm³/mol. The van der Waals surface area contributed by atoms with Gasteiger partial charge in [0.2, 0.25) is 11.8 Å². The molecule has 2 aliphatic rings. The molecule has 2 saturated heterocycles. The summed E-state index contributed by atoms with van der Waals surface area (Å²) >= 11 is 2.93. The minimum atomic E-state index is -0.534. The van der Waals surface area contributed by atoms with Gasteiger partial charge in [0.05, 0.1) is 11.0 Å². The first-order chi connectivity index (χ1) is 23.4. The molecule has 2 fully saturated rings. The van der Waals surface area contributed by atoms with Crippen molar-refractivity contribution >= 4 is 57.7 Å². The fourth-order valence-corrected chi connectivity index (χ4v) is 7.50. The predicted octanol–water partition coefficient (Wildman–Crippen LogP) is 5.61. The number of nitrogens with one attached hydrogen (secondary N) is 2. The Bertz CT molecular complexity index is 1740. The van der Waals surface area contributed by atoms with Crippen LogP contribution < -0.4 is 10.6 Å².